The lowest BCUT2D eigenvalue weighted by Crippen LogP contribution is -2.47. The zero-order valence-corrected chi connectivity index (χ0v) is 22.1. The minimum Gasteiger partial charge on any atom is -0.506 e. The molecule has 0 saturated carbocycles. The Morgan fingerprint density at radius 2 is 1.11 bits per heavy atom. The van der Waals surface area contributed by atoms with E-state index in [1.54, 1.807) is 26.0 Å². The zero-order valence-electron chi connectivity index (χ0n) is 19.7. The van der Waals surface area contributed by atoms with Gasteiger partial charge in [0.2, 0.25) is 11.8 Å². The fourth-order valence-electron chi connectivity index (χ4n) is 3.71. The molecular formula is C24H31Cl3N4O4. The third kappa shape index (κ3) is 8.44. The lowest BCUT2D eigenvalue weighted by atomic mass is 10.2. The van der Waals surface area contributed by atoms with Gasteiger partial charge in [-0.1, -0.05) is 23.2 Å². The van der Waals surface area contributed by atoms with Crippen LogP contribution in [0.15, 0.2) is 24.3 Å². The highest BCUT2D eigenvalue weighted by molar-refractivity contribution is 6.32. The van der Waals surface area contributed by atoms with Crippen molar-refractivity contribution >= 4 is 58.8 Å². The van der Waals surface area contributed by atoms with Crippen molar-refractivity contribution in [1.29, 1.82) is 0 Å². The van der Waals surface area contributed by atoms with Crippen LogP contribution in [0.5, 0.6) is 11.5 Å². The summed E-state index contributed by atoms with van der Waals surface area (Å²) in [6, 6.07) is 6.15. The topological polar surface area (TPSA) is 105 Å². The Morgan fingerprint density at radius 1 is 0.771 bits per heavy atom. The Balaban J connectivity index is 0.00000432. The molecule has 0 radical (unpaired) electrons. The number of hydrogen-bond acceptors (Lipinski definition) is 6. The summed E-state index contributed by atoms with van der Waals surface area (Å²) in [4.78, 5) is 29.0. The van der Waals surface area contributed by atoms with E-state index in [1.807, 2.05) is 0 Å². The first-order chi connectivity index (χ1) is 16.1. The highest BCUT2D eigenvalue weighted by atomic mass is 35.5. The van der Waals surface area contributed by atoms with Crippen molar-refractivity contribution in [1.82, 2.24) is 9.80 Å². The van der Waals surface area contributed by atoms with Gasteiger partial charge >= 0.3 is 0 Å². The molecule has 0 aromatic heterocycles. The van der Waals surface area contributed by atoms with Crippen LogP contribution < -0.4 is 10.6 Å². The third-order valence-corrected chi connectivity index (χ3v) is 6.69. The SMILES string of the molecule is Cc1cc(O)c(NC(=O)CCN2CCN(CCC(=O)Nc3cc(Cl)c(C)cc3O)CC2)cc1Cl.Cl. The molecule has 1 saturated heterocycles. The minimum atomic E-state index is -0.186. The largest absolute Gasteiger partial charge is 0.506 e. The number of nitrogens with zero attached hydrogens (tertiary/aromatic N) is 2. The Kier molecular flexibility index (Phi) is 10.9. The van der Waals surface area contributed by atoms with Gasteiger partial charge in [0.1, 0.15) is 11.5 Å². The molecule has 0 bridgehead atoms. The molecule has 1 aliphatic heterocycles. The Hall–Kier alpha value is -2.23. The van der Waals surface area contributed by atoms with Gasteiger partial charge in [-0.2, -0.15) is 0 Å². The van der Waals surface area contributed by atoms with Crippen LogP contribution in [0.1, 0.15) is 24.0 Å². The summed E-state index contributed by atoms with van der Waals surface area (Å²) in [6.07, 6.45) is 0.603. The monoisotopic (exact) mass is 544 g/mol. The first-order valence-electron chi connectivity index (χ1n) is 11.1. The Labute approximate surface area is 221 Å². The van der Waals surface area contributed by atoms with Crippen LogP contribution in [0.3, 0.4) is 0 Å². The predicted molar refractivity (Wildman–Crippen MR) is 142 cm³/mol. The number of aromatic hydroxyl groups is 2. The van der Waals surface area contributed by atoms with Gasteiger partial charge in [0.05, 0.1) is 11.4 Å². The average Bonchev–Trinajstić information content (AvgIpc) is 2.79. The first-order valence-corrected chi connectivity index (χ1v) is 11.9. The van der Waals surface area contributed by atoms with E-state index in [9.17, 15) is 19.8 Å². The number of nitrogens with one attached hydrogen (secondary N) is 2. The molecule has 0 unspecified atom stereocenters. The molecule has 4 N–H and O–H groups in total. The summed E-state index contributed by atoms with van der Waals surface area (Å²) >= 11 is 12.1. The van der Waals surface area contributed by atoms with Gasteiger partial charge in [-0.15, -0.1) is 12.4 Å². The van der Waals surface area contributed by atoms with Crippen LogP contribution in [-0.2, 0) is 9.59 Å². The van der Waals surface area contributed by atoms with Crippen molar-refractivity contribution in [3.8, 4) is 11.5 Å². The van der Waals surface area contributed by atoms with Crippen molar-refractivity contribution in [2.75, 3.05) is 49.9 Å². The summed E-state index contributed by atoms with van der Waals surface area (Å²) in [5.74, 6) is -0.384. The van der Waals surface area contributed by atoms with Gasteiger partial charge in [0.15, 0.2) is 0 Å². The maximum Gasteiger partial charge on any atom is 0.225 e. The van der Waals surface area contributed by atoms with Crippen LogP contribution in [0.25, 0.3) is 0 Å². The van der Waals surface area contributed by atoms with Crippen LogP contribution >= 0.6 is 35.6 Å². The van der Waals surface area contributed by atoms with Crippen LogP contribution in [0, 0.1) is 13.8 Å². The molecule has 0 spiro atoms. The van der Waals surface area contributed by atoms with Crippen molar-refractivity contribution in [2.45, 2.75) is 26.7 Å². The number of benzene rings is 2. The number of rotatable bonds is 8. The van der Waals surface area contributed by atoms with Gasteiger partial charge in [0.25, 0.3) is 0 Å². The summed E-state index contributed by atoms with van der Waals surface area (Å²) in [5, 5.41) is 26.4. The third-order valence-electron chi connectivity index (χ3n) is 5.88. The Morgan fingerprint density at radius 3 is 1.46 bits per heavy atom. The molecule has 2 aromatic rings. The summed E-state index contributed by atoms with van der Waals surface area (Å²) in [5.41, 5.74) is 2.10. The number of phenols is 2. The average molecular weight is 546 g/mol. The standard InChI is InChI=1S/C24H30Cl2N4O4.ClH/c1-15-11-21(31)19(13-17(15)25)27-23(33)3-5-29-7-9-30(10-8-29)6-4-24(34)28-20-14-18(26)16(2)12-22(20)32;/h11-14,31-32H,3-10H2,1-2H3,(H,27,33)(H,28,34);1H. The van der Waals surface area contributed by atoms with E-state index < -0.39 is 0 Å². The van der Waals surface area contributed by atoms with Crippen LogP contribution in [0.4, 0.5) is 11.4 Å². The molecule has 1 aliphatic rings. The number of anilines is 2. The number of phenolic OH excluding ortho intramolecular Hbond substituents is 2. The van der Waals surface area contributed by atoms with Crippen LogP contribution in [0.2, 0.25) is 10.0 Å². The molecule has 1 heterocycles. The van der Waals surface area contributed by atoms with Crippen molar-refractivity contribution < 1.29 is 19.8 Å². The minimum absolute atomic E-state index is 0. The van der Waals surface area contributed by atoms with E-state index in [1.165, 1.54) is 12.1 Å². The number of piperazine rings is 1. The molecule has 192 valence electrons. The molecule has 2 aromatic carbocycles. The second-order valence-electron chi connectivity index (χ2n) is 8.52. The second-order valence-corrected chi connectivity index (χ2v) is 9.33. The first kappa shape index (κ1) is 29.0. The second kappa shape index (κ2) is 13.2. The number of amides is 2. The molecule has 35 heavy (non-hydrogen) atoms. The molecule has 3 rings (SSSR count). The maximum atomic E-state index is 12.3. The highest BCUT2D eigenvalue weighted by Gasteiger charge is 2.19. The van der Waals surface area contributed by atoms with Gasteiger partial charge in [-0.05, 0) is 49.2 Å². The van der Waals surface area contributed by atoms with E-state index >= 15 is 0 Å². The molecule has 8 nitrogen and oxygen atoms in total. The number of aryl methyl sites for hydroxylation is 2. The van der Waals surface area contributed by atoms with Crippen molar-refractivity contribution in [3.05, 3.63) is 45.4 Å². The van der Waals surface area contributed by atoms with Gasteiger partial charge in [-0.3, -0.25) is 9.59 Å². The van der Waals surface area contributed by atoms with E-state index in [2.05, 4.69) is 20.4 Å². The molecule has 2 amide bonds. The van der Waals surface area contributed by atoms with Gasteiger partial charge < -0.3 is 30.6 Å². The maximum absolute atomic E-state index is 12.3. The van der Waals surface area contributed by atoms with Gasteiger partial charge in [-0.25, -0.2) is 0 Å². The highest BCUT2D eigenvalue weighted by Crippen LogP contribution is 2.31. The fraction of sp³-hybridized carbons (Fsp3) is 0.417. The van der Waals surface area contributed by atoms with Crippen LogP contribution in [-0.4, -0.2) is 71.1 Å². The van der Waals surface area contributed by atoms with E-state index in [-0.39, 0.29) is 35.7 Å². The fourth-order valence-corrected chi connectivity index (χ4v) is 4.04. The molecule has 1 fully saturated rings. The van der Waals surface area contributed by atoms with Crippen molar-refractivity contribution in [2.24, 2.45) is 0 Å². The normalized spacial score (nSPS) is 14.3. The smallest absolute Gasteiger partial charge is 0.225 e. The Bertz CT molecular complexity index is 976. The van der Waals surface area contributed by atoms with Crippen molar-refractivity contribution in [3.63, 3.8) is 0 Å². The lowest BCUT2D eigenvalue weighted by molar-refractivity contribution is -0.117. The molecule has 0 atom stereocenters. The van der Waals surface area contributed by atoms with E-state index in [0.717, 1.165) is 37.3 Å². The zero-order chi connectivity index (χ0) is 24.8. The molecule has 0 aliphatic carbocycles. The molecule has 11 heteroatoms. The lowest BCUT2D eigenvalue weighted by Gasteiger charge is -2.34. The van der Waals surface area contributed by atoms with E-state index in [0.29, 0.717) is 47.4 Å². The predicted octanol–water partition coefficient (Wildman–Crippen LogP) is 4.42. The number of carbonyl (C=O) groups is 2. The number of hydrogen-bond donors (Lipinski definition) is 4. The van der Waals surface area contributed by atoms with E-state index in [4.69, 9.17) is 23.2 Å². The number of carbonyl (C=O) groups excluding carboxylic acids is 2. The summed E-state index contributed by atoms with van der Waals surface area (Å²) < 4.78 is 0. The van der Waals surface area contributed by atoms with Gasteiger partial charge in [0, 0.05) is 62.2 Å². The number of halogens is 3. The molecular weight excluding hydrogens is 515 g/mol. The summed E-state index contributed by atoms with van der Waals surface area (Å²) in [7, 11) is 0. The summed E-state index contributed by atoms with van der Waals surface area (Å²) in [6.45, 7) is 7.96. The quantitative estimate of drug-likeness (QED) is 0.366.